The van der Waals surface area contributed by atoms with Gasteiger partial charge in [0.05, 0.1) is 5.56 Å². The summed E-state index contributed by atoms with van der Waals surface area (Å²) >= 11 is 0. The molecule has 0 saturated carbocycles. The fraction of sp³-hybridized carbons (Fsp3) is 0.462. The van der Waals surface area contributed by atoms with Gasteiger partial charge in [0.1, 0.15) is 5.75 Å². The number of rotatable bonds is 3. The number of aromatic hydroxyl groups is 1. The standard InChI is InChI=1S/C13H18O2/c1-8(2)7-12(14)11-6-5-9(3)10(4)13(11)15/h5-6,8,15H,7H2,1-4H3. The number of phenols is 1. The van der Waals surface area contributed by atoms with Gasteiger partial charge in [-0.15, -0.1) is 0 Å². The van der Waals surface area contributed by atoms with Crippen LogP contribution >= 0.6 is 0 Å². The maximum absolute atomic E-state index is 11.8. The number of phenolic OH excluding ortho intramolecular Hbond substituents is 1. The van der Waals surface area contributed by atoms with Gasteiger partial charge in [0.2, 0.25) is 0 Å². The van der Waals surface area contributed by atoms with E-state index in [0.717, 1.165) is 11.1 Å². The van der Waals surface area contributed by atoms with Crippen LogP contribution in [0.4, 0.5) is 0 Å². The van der Waals surface area contributed by atoms with Crippen LogP contribution < -0.4 is 0 Å². The van der Waals surface area contributed by atoms with Crippen LogP contribution in [0, 0.1) is 19.8 Å². The Morgan fingerprint density at radius 1 is 1.33 bits per heavy atom. The summed E-state index contributed by atoms with van der Waals surface area (Å²) in [5, 5.41) is 9.84. The molecule has 0 heterocycles. The lowest BCUT2D eigenvalue weighted by atomic mass is 9.97. The summed E-state index contributed by atoms with van der Waals surface area (Å²) in [7, 11) is 0. The molecule has 2 heteroatoms. The fourth-order valence-corrected chi connectivity index (χ4v) is 1.51. The molecular formula is C13H18O2. The van der Waals surface area contributed by atoms with Gasteiger partial charge in [0.25, 0.3) is 0 Å². The molecule has 0 bridgehead atoms. The minimum absolute atomic E-state index is 0.0191. The van der Waals surface area contributed by atoms with E-state index in [-0.39, 0.29) is 11.5 Å². The molecule has 1 N–H and O–H groups in total. The van der Waals surface area contributed by atoms with Crippen LogP contribution in [0.3, 0.4) is 0 Å². The highest BCUT2D eigenvalue weighted by Crippen LogP contribution is 2.26. The average molecular weight is 206 g/mol. The van der Waals surface area contributed by atoms with Gasteiger partial charge in [0.15, 0.2) is 5.78 Å². The van der Waals surface area contributed by atoms with E-state index in [1.165, 1.54) is 0 Å². The van der Waals surface area contributed by atoms with Crippen molar-refractivity contribution in [2.45, 2.75) is 34.1 Å². The zero-order chi connectivity index (χ0) is 11.6. The molecule has 1 aromatic carbocycles. The molecule has 1 aromatic rings. The van der Waals surface area contributed by atoms with Gasteiger partial charge < -0.3 is 5.11 Å². The Hall–Kier alpha value is -1.31. The van der Waals surface area contributed by atoms with E-state index in [0.29, 0.717) is 17.9 Å². The first-order chi connectivity index (χ1) is 6.93. The maximum atomic E-state index is 11.8. The van der Waals surface area contributed by atoms with Crippen LogP contribution in [-0.2, 0) is 0 Å². The largest absolute Gasteiger partial charge is 0.507 e. The summed E-state index contributed by atoms with van der Waals surface area (Å²) < 4.78 is 0. The molecule has 0 radical (unpaired) electrons. The van der Waals surface area contributed by atoms with Crippen molar-refractivity contribution in [3.05, 3.63) is 28.8 Å². The Labute approximate surface area is 90.9 Å². The number of hydrogen-bond donors (Lipinski definition) is 1. The van der Waals surface area contributed by atoms with Gasteiger partial charge in [-0.25, -0.2) is 0 Å². The quantitative estimate of drug-likeness (QED) is 0.771. The topological polar surface area (TPSA) is 37.3 Å². The van der Waals surface area contributed by atoms with Gasteiger partial charge in [-0.2, -0.15) is 0 Å². The number of Topliss-reactive ketones (excluding diaryl/α,β-unsaturated/α-hetero) is 1. The summed E-state index contributed by atoms with van der Waals surface area (Å²) in [5.74, 6) is 0.477. The van der Waals surface area contributed by atoms with Crippen LogP contribution in [0.25, 0.3) is 0 Å². The third-order valence-corrected chi connectivity index (χ3v) is 2.60. The van der Waals surface area contributed by atoms with E-state index in [9.17, 15) is 9.90 Å². The second-order valence-corrected chi connectivity index (χ2v) is 4.42. The highest BCUT2D eigenvalue weighted by Gasteiger charge is 2.14. The molecule has 0 amide bonds. The van der Waals surface area contributed by atoms with E-state index >= 15 is 0 Å². The number of carbonyl (C=O) groups is 1. The molecule has 0 fully saturated rings. The first kappa shape index (κ1) is 11.8. The van der Waals surface area contributed by atoms with E-state index in [4.69, 9.17) is 0 Å². The first-order valence-electron chi connectivity index (χ1n) is 5.25. The summed E-state index contributed by atoms with van der Waals surface area (Å²) in [6.45, 7) is 7.74. The molecule has 2 nitrogen and oxygen atoms in total. The molecule has 15 heavy (non-hydrogen) atoms. The van der Waals surface area contributed by atoms with E-state index < -0.39 is 0 Å². The van der Waals surface area contributed by atoms with Crippen molar-refractivity contribution in [1.82, 2.24) is 0 Å². The molecule has 0 aromatic heterocycles. The third-order valence-electron chi connectivity index (χ3n) is 2.60. The zero-order valence-corrected chi connectivity index (χ0v) is 9.79. The van der Waals surface area contributed by atoms with Gasteiger partial charge >= 0.3 is 0 Å². The number of benzene rings is 1. The van der Waals surface area contributed by atoms with Gasteiger partial charge in [-0.3, -0.25) is 4.79 Å². The maximum Gasteiger partial charge on any atom is 0.166 e. The van der Waals surface area contributed by atoms with Crippen LogP contribution in [0.5, 0.6) is 5.75 Å². The number of ketones is 1. The van der Waals surface area contributed by atoms with E-state index in [2.05, 4.69) is 0 Å². The van der Waals surface area contributed by atoms with Gasteiger partial charge in [0, 0.05) is 6.42 Å². The fourth-order valence-electron chi connectivity index (χ4n) is 1.51. The SMILES string of the molecule is Cc1ccc(C(=O)CC(C)C)c(O)c1C. The average Bonchev–Trinajstić information content (AvgIpc) is 2.13. The normalized spacial score (nSPS) is 10.7. The molecule has 0 saturated heterocycles. The van der Waals surface area contributed by atoms with Crippen molar-refractivity contribution in [2.75, 3.05) is 0 Å². The highest BCUT2D eigenvalue weighted by atomic mass is 16.3. The Balaban J connectivity index is 3.06. The minimum Gasteiger partial charge on any atom is -0.507 e. The molecule has 0 aliphatic heterocycles. The van der Waals surface area contributed by atoms with Crippen LogP contribution in [0.2, 0.25) is 0 Å². The van der Waals surface area contributed by atoms with Crippen molar-refractivity contribution in [3.8, 4) is 5.75 Å². The predicted molar refractivity (Wildman–Crippen MR) is 61.4 cm³/mol. The Morgan fingerprint density at radius 3 is 2.47 bits per heavy atom. The van der Waals surface area contributed by atoms with Crippen molar-refractivity contribution in [1.29, 1.82) is 0 Å². The lowest BCUT2D eigenvalue weighted by Gasteiger charge is -2.09. The lowest BCUT2D eigenvalue weighted by Crippen LogP contribution is -2.04. The predicted octanol–water partition coefficient (Wildman–Crippen LogP) is 3.24. The van der Waals surface area contributed by atoms with Crippen LogP contribution in [-0.4, -0.2) is 10.9 Å². The van der Waals surface area contributed by atoms with Crippen molar-refractivity contribution >= 4 is 5.78 Å². The molecule has 0 spiro atoms. The van der Waals surface area contributed by atoms with Crippen LogP contribution in [0.15, 0.2) is 12.1 Å². The van der Waals surface area contributed by atoms with E-state index in [1.807, 2.05) is 33.8 Å². The Morgan fingerprint density at radius 2 is 1.93 bits per heavy atom. The monoisotopic (exact) mass is 206 g/mol. The first-order valence-corrected chi connectivity index (χ1v) is 5.25. The van der Waals surface area contributed by atoms with Gasteiger partial charge in [-0.1, -0.05) is 19.9 Å². The number of hydrogen-bond acceptors (Lipinski definition) is 2. The van der Waals surface area contributed by atoms with E-state index in [1.54, 1.807) is 6.07 Å². The molecule has 0 aliphatic carbocycles. The second-order valence-electron chi connectivity index (χ2n) is 4.42. The van der Waals surface area contributed by atoms with Crippen LogP contribution in [0.1, 0.15) is 41.8 Å². The molecule has 0 atom stereocenters. The Bertz CT molecular complexity index is 378. The summed E-state index contributed by atoms with van der Waals surface area (Å²) in [6.07, 6.45) is 0.482. The lowest BCUT2D eigenvalue weighted by molar-refractivity contribution is 0.0965. The summed E-state index contributed by atoms with van der Waals surface area (Å²) in [6, 6.07) is 3.59. The molecule has 1 rings (SSSR count). The number of carbonyl (C=O) groups excluding carboxylic acids is 1. The number of aryl methyl sites for hydroxylation is 1. The minimum atomic E-state index is 0.0191. The van der Waals surface area contributed by atoms with Crippen molar-refractivity contribution < 1.29 is 9.90 Å². The summed E-state index contributed by atoms with van der Waals surface area (Å²) in [5.41, 5.74) is 2.25. The second kappa shape index (κ2) is 4.47. The molecule has 0 unspecified atom stereocenters. The smallest absolute Gasteiger partial charge is 0.166 e. The highest BCUT2D eigenvalue weighted by molar-refractivity contribution is 5.99. The van der Waals surface area contributed by atoms with Crippen molar-refractivity contribution in [2.24, 2.45) is 5.92 Å². The van der Waals surface area contributed by atoms with Crippen molar-refractivity contribution in [3.63, 3.8) is 0 Å². The van der Waals surface area contributed by atoms with Gasteiger partial charge in [-0.05, 0) is 37.0 Å². The summed E-state index contributed by atoms with van der Waals surface area (Å²) in [4.78, 5) is 11.8. The zero-order valence-electron chi connectivity index (χ0n) is 9.79. The molecule has 0 aliphatic rings. The third kappa shape index (κ3) is 2.58. The Kier molecular flexibility index (Phi) is 3.51. The molecular weight excluding hydrogens is 188 g/mol. The molecule has 82 valence electrons.